The molecular formula is C15H24ClNO2. The number of carboxylic acids is 1. The van der Waals surface area contributed by atoms with Crippen LogP contribution in [0.1, 0.15) is 30.9 Å². The highest BCUT2D eigenvalue weighted by atomic mass is 35.5. The number of aryl methyl sites for hydroxylation is 1. The number of rotatable bonds is 7. The Balaban J connectivity index is 0.00000324. The highest BCUT2D eigenvalue weighted by Gasteiger charge is 2.14. The van der Waals surface area contributed by atoms with Crippen molar-refractivity contribution in [3.63, 3.8) is 0 Å². The summed E-state index contributed by atoms with van der Waals surface area (Å²) in [5, 5.41) is 8.71. The van der Waals surface area contributed by atoms with E-state index >= 15 is 0 Å². The quantitative estimate of drug-likeness (QED) is 0.837. The largest absolute Gasteiger partial charge is 0.481 e. The number of halogens is 1. The molecule has 0 aliphatic rings. The van der Waals surface area contributed by atoms with Crippen LogP contribution in [0.25, 0.3) is 0 Å². The molecule has 0 spiro atoms. The van der Waals surface area contributed by atoms with Crippen molar-refractivity contribution in [2.24, 2.45) is 0 Å². The third kappa shape index (κ3) is 6.60. The molecule has 3 nitrogen and oxygen atoms in total. The zero-order chi connectivity index (χ0) is 13.5. The van der Waals surface area contributed by atoms with Crippen molar-refractivity contribution in [2.45, 2.75) is 39.2 Å². The topological polar surface area (TPSA) is 40.5 Å². The summed E-state index contributed by atoms with van der Waals surface area (Å²) in [4.78, 5) is 12.7. The van der Waals surface area contributed by atoms with Crippen LogP contribution in [0.4, 0.5) is 0 Å². The van der Waals surface area contributed by atoms with Gasteiger partial charge in [0.05, 0.1) is 6.42 Å². The number of nitrogens with zero attached hydrogens (tertiary/aromatic N) is 1. The number of hydrogen-bond acceptors (Lipinski definition) is 2. The summed E-state index contributed by atoms with van der Waals surface area (Å²) < 4.78 is 0. The lowest BCUT2D eigenvalue weighted by Gasteiger charge is -2.26. The Kier molecular flexibility index (Phi) is 8.44. The maximum absolute atomic E-state index is 10.6. The SMILES string of the molecule is CCC(Cc1ccc(C)cc1)N(C)CCC(=O)O.Cl. The minimum atomic E-state index is -0.730. The molecule has 0 aliphatic carbocycles. The third-order valence-corrected chi connectivity index (χ3v) is 3.36. The number of carbonyl (C=O) groups is 1. The fourth-order valence-electron chi connectivity index (χ4n) is 2.06. The first-order valence-corrected chi connectivity index (χ1v) is 6.50. The molecule has 0 amide bonds. The molecule has 0 heterocycles. The van der Waals surface area contributed by atoms with Crippen LogP contribution in [0.3, 0.4) is 0 Å². The van der Waals surface area contributed by atoms with Crippen LogP contribution in [0, 0.1) is 6.92 Å². The van der Waals surface area contributed by atoms with Crippen molar-refractivity contribution < 1.29 is 9.90 Å². The van der Waals surface area contributed by atoms with Crippen molar-refractivity contribution in [2.75, 3.05) is 13.6 Å². The standard InChI is InChI=1S/C15H23NO2.ClH/c1-4-14(16(3)10-9-15(17)18)11-13-7-5-12(2)6-8-13;/h5-8,14H,4,9-11H2,1-3H3,(H,17,18);1H. The number of aliphatic carboxylic acids is 1. The van der Waals surface area contributed by atoms with E-state index in [0.717, 1.165) is 12.8 Å². The Morgan fingerprint density at radius 3 is 2.37 bits per heavy atom. The Morgan fingerprint density at radius 2 is 1.89 bits per heavy atom. The molecule has 1 unspecified atom stereocenters. The Labute approximate surface area is 122 Å². The second-order valence-corrected chi connectivity index (χ2v) is 4.88. The monoisotopic (exact) mass is 285 g/mol. The van der Waals surface area contributed by atoms with Gasteiger partial charge in [-0.1, -0.05) is 36.8 Å². The highest BCUT2D eigenvalue weighted by molar-refractivity contribution is 5.85. The molecule has 0 saturated heterocycles. The van der Waals surface area contributed by atoms with Crippen molar-refractivity contribution in [3.8, 4) is 0 Å². The maximum Gasteiger partial charge on any atom is 0.304 e. The van der Waals surface area contributed by atoms with Crippen LogP contribution in [0.2, 0.25) is 0 Å². The number of hydrogen-bond donors (Lipinski definition) is 1. The van der Waals surface area contributed by atoms with E-state index in [4.69, 9.17) is 5.11 Å². The van der Waals surface area contributed by atoms with Crippen LogP contribution in [-0.2, 0) is 11.2 Å². The molecule has 1 aromatic rings. The van der Waals surface area contributed by atoms with Gasteiger partial charge in [0.15, 0.2) is 0 Å². The lowest BCUT2D eigenvalue weighted by atomic mass is 10.0. The molecule has 0 bridgehead atoms. The summed E-state index contributed by atoms with van der Waals surface area (Å²) >= 11 is 0. The smallest absolute Gasteiger partial charge is 0.304 e. The second-order valence-electron chi connectivity index (χ2n) is 4.88. The zero-order valence-electron chi connectivity index (χ0n) is 11.9. The van der Waals surface area contributed by atoms with Gasteiger partial charge >= 0.3 is 5.97 Å². The van der Waals surface area contributed by atoms with Crippen LogP contribution in [0.15, 0.2) is 24.3 Å². The predicted molar refractivity (Wildman–Crippen MR) is 81.1 cm³/mol. The molecule has 1 atom stereocenters. The van der Waals surface area contributed by atoms with Gasteiger partial charge < -0.3 is 10.0 Å². The Morgan fingerprint density at radius 1 is 1.32 bits per heavy atom. The van der Waals surface area contributed by atoms with E-state index in [2.05, 4.69) is 43.0 Å². The van der Waals surface area contributed by atoms with E-state index in [1.807, 2.05) is 7.05 Å². The Bertz CT molecular complexity index is 378. The van der Waals surface area contributed by atoms with Crippen LogP contribution >= 0.6 is 12.4 Å². The summed E-state index contributed by atoms with van der Waals surface area (Å²) in [6.07, 6.45) is 2.22. The molecule has 19 heavy (non-hydrogen) atoms. The van der Waals surface area contributed by atoms with E-state index in [0.29, 0.717) is 12.6 Å². The van der Waals surface area contributed by atoms with Gasteiger partial charge in [-0.2, -0.15) is 0 Å². The van der Waals surface area contributed by atoms with E-state index in [1.54, 1.807) is 0 Å². The molecule has 0 radical (unpaired) electrons. The average molecular weight is 286 g/mol. The molecule has 108 valence electrons. The van der Waals surface area contributed by atoms with Crippen LogP contribution < -0.4 is 0 Å². The molecular weight excluding hydrogens is 262 g/mol. The highest BCUT2D eigenvalue weighted by Crippen LogP contribution is 2.12. The van der Waals surface area contributed by atoms with Gasteiger partial charge in [-0.25, -0.2) is 0 Å². The summed E-state index contributed by atoms with van der Waals surface area (Å²) in [5.74, 6) is -0.730. The molecule has 1 rings (SSSR count). The maximum atomic E-state index is 10.6. The minimum Gasteiger partial charge on any atom is -0.481 e. The fourth-order valence-corrected chi connectivity index (χ4v) is 2.06. The van der Waals surface area contributed by atoms with E-state index < -0.39 is 5.97 Å². The number of benzene rings is 1. The minimum absolute atomic E-state index is 0. The molecule has 4 heteroatoms. The molecule has 1 aromatic carbocycles. The first-order valence-electron chi connectivity index (χ1n) is 6.50. The molecule has 0 fully saturated rings. The van der Waals surface area contributed by atoms with Crippen molar-refractivity contribution >= 4 is 18.4 Å². The van der Waals surface area contributed by atoms with E-state index in [-0.39, 0.29) is 18.8 Å². The van der Waals surface area contributed by atoms with Gasteiger partial charge in [0, 0.05) is 12.6 Å². The normalized spacial score (nSPS) is 12.0. The molecule has 0 saturated carbocycles. The van der Waals surface area contributed by atoms with Gasteiger partial charge in [0.25, 0.3) is 0 Å². The third-order valence-electron chi connectivity index (χ3n) is 3.36. The van der Waals surface area contributed by atoms with Crippen LogP contribution in [-0.4, -0.2) is 35.6 Å². The van der Waals surface area contributed by atoms with Gasteiger partial charge in [-0.15, -0.1) is 12.4 Å². The lowest BCUT2D eigenvalue weighted by molar-refractivity contribution is -0.137. The zero-order valence-corrected chi connectivity index (χ0v) is 12.7. The number of likely N-dealkylation sites (N-methyl/N-ethyl adjacent to an activating group) is 1. The van der Waals surface area contributed by atoms with E-state index in [1.165, 1.54) is 11.1 Å². The van der Waals surface area contributed by atoms with Crippen molar-refractivity contribution in [1.29, 1.82) is 0 Å². The number of carboxylic acid groups (broad SMARTS) is 1. The Hall–Kier alpha value is -1.06. The van der Waals surface area contributed by atoms with Crippen molar-refractivity contribution in [3.05, 3.63) is 35.4 Å². The summed E-state index contributed by atoms with van der Waals surface area (Å²) in [6, 6.07) is 8.97. The molecule has 0 aliphatic heterocycles. The van der Waals surface area contributed by atoms with Crippen molar-refractivity contribution in [1.82, 2.24) is 4.90 Å². The summed E-state index contributed by atoms with van der Waals surface area (Å²) in [7, 11) is 2.01. The first kappa shape index (κ1) is 17.9. The van der Waals surface area contributed by atoms with Crippen LogP contribution in [0.5, 0.6) is 0 Å². The van der Waals surface area contributed by atoms with Gasteiger partial charge in [-0.05, 0) is 32.4 Å². The summed E-state index contributed by atoms with van der Waals surface area (Å²) in [6.45, 7) is 4.84. The molecule has 1 N–H and O–H groups in total. The van der Waals surface area contributed by atoms with E-state index in [9.17, 15) is 4.79 Å². The second kappa shape index (κ2) is 8.94. The van der Waals surface area contributed by atoms with Gasteiger partial charge in [-0.3, -0.25) is 4.79 Å². The summed E-state index contributed by atoms with van der Waals surface area (Å²) in [5.41, 5.74) is 2.58. The fraction of sp³-hybridized carbons (Fsp3) is 0.533. The van der Waals surface area contributed by atoms with Gasteiger partial charge in [0.2, 0.25) is 0 Å². The average Bonchev–Trinajstić information content (AvgIpc) is 2.35. The predicted octanol–water partition coefficient (Wildman–Crippen LogP) is 3.14. The first-order chi connectivity index (χ1) is 8.52. The lowest BCUT2D eigenvalue weighted by Crippen LogP contribution is -2.34. The molecule has 0 aromatic heterocycles. The van der Waals surface area contributed by atoms with Gasteiger partial charge in [0.1, 0.15) is 0 Å².